The fraction of sp³-hybridized carbons (Fsp3) is 0.435. The van der Waals surface area contributed by atoms with E-state index in [1.165, 1.54) is 48.0 Å². The molecule has 1 unspecified atom stereocenters. The average molecular weight is 398 g/mol. The van der Waals surface area contributed by atoms with Gasteiger partial charge in [0.05, 0.1) is 5.02 Å². The number of piperidine rings is 1. The third-order valence-electron chi connectivity index (χ3n) is 6.40. The van der Waals surface area contributed by atoms with Gasteiger partial charge in [0.15, 0.2) is 0 Å². The van der Waals surface area contributed by atoms with E-state index in [4.69, 9.17) is 16.6 Å². The highest BCUT2D eigenvalue weighted by molar-refractivity contribution is 6.31. The van der Waals surface area contributed by atoms with Gasteiger partial charge in [-0.3, -0.25) is 4.90 Å². The standard InChI is InChI=1S/C23H25ClFN3/c24-18-13-19-22-20-3-1-2-10-27(20)11-9-21(22)28(23(19)26-15-18)12-8-16-4-6-17(14-25)7-5-16/h4-7,13,15,20H,1-3,8-12,14H2. The van der Waals surface area contributed by atoms with Crippen LogP contribution in [0.4, 0.5) is 4.39 Å². The van der Waals surface area contributed by atoms with Gasteiger partial charge in [-0.2, -0.15) is 0 Å². The van der Waals surface area contributed by atoms with Gasteiger partial charge < -0.3 is 4.57 Å². The molecular formula is C23H25ClFN3. The van der Waals surface area contributed by atoms with Crippen LogP contribution in [-0.2, 0) is 26.1 Å². The van der Waals surface area contributed by atoms with Crippen LogP contribution in [0.1, 0.15) is 47.7 Å². The molecule has 0 amide bonds. The van der Waals surface area contributed by atoms with Crippen LogP contribution in [-0.4, -0.2) is 27.5 Å². The molecule has 1 saturated heterocycles. The lowest BCUT2D eigenvalue weighted by Gasteiger charge is -2.39. The molecule has 2 aliphatic rings. The summed E-state index contributed by atoms with van der Waals surface area (Å²) in [4.78, 5) is 7.37. The number of benzene rings is 1. The van der Waals surface area contributed by atoms with Gasteiger partial charge in [-0.05, 0) is 48.6 Å². The van der Waals surface area contributed by atoms with Gasteiger partial charge in [-0.1, -0.05) is 42.3 Å². The maximum atomic E-state index is 12.8. The van der Waals surface area contributed by atoms with Crippen LogP contribution in [0.5, 0.6) is 0 Å². The number of rotatable bonds is 4. The van der Waals surface area contributed by atoms with E-state index >= 15 is 0 Å². The molecule has 1 fully saturated rings. The molecule has 3 nitrogen and oxygen atoms in total. The molecule has 5 heteroatoms. The van der Waals surface area contributed by atoms with Crippen molar-refractivity contribution in [2.24, 2.45) is 0 Å². The molecule has 0 N–H and O–H groups in total. The first-order chi connectivity index (χ1) is 13.7. The minimum Gasteiger partial charge on any atom is -0.329 e. The van der Waals surface area contributed by atoms with Gasteiger partial charge in [-0.25, -0.2) is 9.37 Å². The molecule has 1 aromatic carbocycles. The number of hydrogen-bond donors (Lipinski definition) is 0. The predicted molar refractivity (Wildman–Crippen MR) is 112 cm³/mol. The van der Waals surface area contributed by atoms with Gasteiger partial charge >= 0.3 is 0 Å². The second-order valence-corrected chi connectivity index (χ2v) is 8.47. The Hall–Kier alpha value is -1.91. The summed E-state index contributed by atoms with van der Waals surface area (Å²) in [7, 11) is 0. The smallest absolute Gasteiger partial charge is 0.140 e. The monoisotopic (exact) mass is 397 g/mol. The molecule has 2 aromatic heterocycles. The zero-order chi connectivity index (χ0) is 19.1. The highest BCUT2D eigenvalue weighted by Gasteiger charge is 2.34. The summed E-state index contributed by atoms with van der Waals surface area (Å²) in [5, 5.41) is 1.94. The molecule has 0 spiro atoms. The molecule has 0 radical (unpaired) electrons. The minimum absolute atomic E-state index is 0.404. The molecule has 0 bridgehead atoms. The van der Waals surface area contributed by atoms with Crippen LogP contribution in [0.2, 0.25) is 5.02 Å². The first-order valence-corrected chi connectivity index (χ1v) is 10.7. The highest BCUT2D eigenvalue weighted by Crippen LogP contribution is 2.42. The average Bonchev–Trinajstić information content (AvgIpc) is 3.05. The SMILES string of the molecule is FCc1ccc(CCn2c3c(c4cc(Cl)cnc42)C2CCCCN2CC3)cc1. The van der Waals surface area contributed by atoms with Crippen molar-refractivity contribution >= 4 is 22.6 Å². The van der Waals surface area contributed by atoms with Crippen LogP contribution in [0.25, 0.3) is 11.0 Å². The van der Waals surface area contributed by atoms with E-state index in [-0.39, 0.29) is 0 Å². The summed E-state index contributed by atoms with van der Waals surface area (Å²) >= 11 is 6.33. The van der Waals surface area contributed by atoms with Crippen molar-refractivity contribution in [3.05, 3.63) is 63.9 Å². The van der Waals surface area contributed by atoms with Gasteiger partial charge in [0.1, 0.15) is 12.3 Å². The Labute approximate surface area is 170 Å². The molecule has 0 aliphatic carbocycles. The van der Waals surface area contributed by atoms with Crippen molar-refractivity contribution in [3.63, 3.8) is 0 Å². The number of pyridine rings is 1. The van der Waals surface area contributed by atoms with E-state index in [2.05, 4.69) is 15.5 Å². The first kappa shape index (κ1) is 18.1. The molecule has 1 atom stereocenters. The number of hydrogen-bond acceptors (Lipinski definition) is 2. The third-order valence-corrected chi connectivity index (χ3v) is 6.61. The zero-order valence-electron chi connectivity index (χ0n) is 16.0. The Morgan fingerprint density at radius 3 is 2.75 bits per heavy atom. The topological polar surface area (TPSA) is 21.1 Å². The largest absolute Gasteiger partial charge is 0.329 e. The first-order valence-electron chi connectivity index (χ1n) is 10.3. The Kier molecular flexibility index (Phi) is 4.85. The van der Waals surface area contributed by atoms with Crippen LogP contribution < -0.4 is 0 Å². The summed E-state index contributed by atoms with van der Waals surface area (Å²) in [6.07, 6.45) is 7.58. The fourth-order valence-corrected chi connectivity index (χ4v) is 5.19. The molecule has 0 saturated carbocycles. The number of halogens is 2. The second-order valence-electron chi connectivity index (χ2n) is 8.03. The maximum absolute atomic E-state index is 12.8. The Bertz CT molecular complexity index is 995. The minimum atomic E-state index is -0.404. The Morgan fingerprint density at radius 1 is 1.11 bits per heavy atom. The Morgan fingerprint density at radius 2 is 1.93 bits per heavy atom. The van der Waals surface area contributed by atoms with Crippen LogP contribution in [0.3, 0.4) is 0 Å². The predicted octanol–water partition coefficient (Wildman–Crippen LogP) is 5.49. The van der Waals surface area contributed by atoms with Gasteiger partial charge in [0, 0.05) is 42.8 Å². The summed E-state index contributed by atoms with van der Waals surface area (Å²) in [5.41, 5.74) is 5.93. The van der Waals surface area contributed by atoms with Crippen LogP contribution >= 0.6 is 11.6 Å². The lowest BCUT2D eigenvalue weighted by Crippen LogP contribution is -2.39. The second kappa shape index (κ2) is 7.49. The number of nitrogens with zero attached hydrogens (tertiary/aromatic N) is 3. The van der Waals surface area contributed by atoms with Crippen LogP contribution in [0.15, 0.2) is 36.5 Å². The summed E-state index contributed by atoms with van der Waals surface area (Å²) in [6.45, 7) is 2.82. The quantitative estimate of drug-likeness (QED) is 0.580. The van der Waals surface area contributed by atoms with Gasteiger partial charge in [0.2, 0.25) is 0 Å². The summed E-state index contributed by atoms with van der Waals surface area (Å²) in [5.74, 6) is 0. The molecule has 3 aromatic rings. The van der Waals surface area contributed by atoms with Gasteiger partial charge in [0.25, 0.3) is 0 Å². The normalized spacial score (nSPS) is 19.6. The lowest BCUT2D eigenvalue weighted by molar-refractivity contribution is 0.138. The van der Waals surface area contributed by atoms with Crippen molar-refractivity contribution in [3.8, 4) is 0 Å². The molecule has 5 rings (SSSR count). The van der Waals surface area contributed by atoms with Crippen molar-refractivity contribution in [1.29, 1.82) is 0 Å². The summed E-state index contributed by atoms with van der Waals surface area (Å²) in [6, 6.07) is 10.5. The molecular weight excluding hydrogens is 373 g/mol. The van der Waals surface area contributed by atoms with Crippen molar-refractivity contribution in [1.82, 2.24) is 14.5 Å². The van der Waals surface area contributed by atoms with E-state index < -0.39 is 6.67 Å². The maximum Gasteiger partial charge on any atom is 0.140 e. The van der Waals surface area contributed by atoms with Gasteiger partial charge in [-0.15, -0.1) is 0 Å². The molecule has 28 heavy (non-hydrogen) atoms. The van der Waals surface area contributed by atoms with E-state index in [0.29, 0.717) is 11.1 Å². The molecule has 146 valence electrons. The number of fused-ring (bicyclic) bond motifs is 5. The van der Waals surface area contributed by atoms with Crippen molar-refractivity contribution in [2.45, 2.75) is 51.4 Å². The highest BCUT2D eigenvalue weighted by atomic mass is 35.5. The number of aryl methyl sites for hydroxylation is 2. The van der Waals surface area contributed by atoms with E-state index in [1.54, 1.807) is 6.20 Å². The molecule has 4 heterocycles. The molecule has 2 aliphatic heterocycles. The zero-order valence-corrected chi connectivity index (χ0v) is 16.8. The van der Waals surface area contributed by atoms with E-state index in [1.807, 2.05) is 24.3 Å². The Balaban J connectivity index is 1.53. The lowest BCUT2D eigenvalue weighted by atomic mass is 9.89. The van der Waals surface area contributed by atoms with Crippen molar-refractivity contribution in [2.75, 3.05) is 13.1 Å². The van der Waals surface area contributed by atoms with E-state index in [0.717, 1.165) is 37.1 Å². The van der Waals surface area contributed by atoms with Crippen molar-refractivity contribution < 1.29 is 4.39 Å². The van der Waals surface area contributed by atoms with Crippen LogP contribution in [0, 0.1) is 0 Å². The fourth-order valence-electron chi connectivity index (χ4n) is 5.03. The number of alkyl halides is 1. The van der Waals surface area contributed by atoms with E-state index in [9.17, 15) is 4.39 Å². The summed E-state index contributed by atoms with van der Waals surface area (Å²) < 4.78 is 15.2. The third kappa shape index (κ3) is 3.13. The number of aromatic nitrogens is 2.